The van der Waals surface area contributed by atoms with E-state index in [1.165, 1.54) is 0 Å². The third-order valence-corrected chi connectivity index (χ3v) is 11.0. The third kappa shape index (κ3) is 6.82. The number of carbonyl (C=O) groups is 2. The monoisotopic (exact) mass is 754 g/mol. The number of aromatic amines is 2. The average Bonchev–Trinajstić information content (AvgIpc) is 4.02. The second-order valence-electron chi connectivity index (χ2n) is 16.1. The highest BCUT2D eigenvalue weighted by atomic mass is 16.6. The summed E-state index contributed by atoms with van der Waals surface area (Å²) in [6, 6.07) is 24.1. The largest absolute Gasteiger partial charge is 0.488 e. The number of nitrogens with one attached hydrogen (secondary N) is 2. The number of carbonyl (C=O) groups excluding carboxylic acids is 2. The van der Waals surface area contributed by atoms with Crippen LogP contribution in [-0.2, 0) is 27.4 Å². The Bertz CT molecular complexity index is 2430. The number of methoxy groups -OCH3 is 1. The fraction of sp³-hybridized carbons (Fsp3) is 0.364. The van der Waals surface area contributed by atoms with Crippen molar-refractivity contribution in [1.82, 2.24) is 29.7 Å². The first kappa shape index (κ1) is 35.8. The number of aromatic nitrogens is 4. The van der Waals surface area contributed by atoms with Crippen molar-refractivity contribution in [2.75, 3.05) is 26.8 Å². The van der Waals surface area contributed by atoms with Gasteiger partial charge in [-0.15, -0.1) is 0 Å². The first-order chi connectivity index (χ1) is 27.1. The fourth-order valence-electron chi connectivity index (χ4n) is 8.42. The Morgan fingerprint density at radius 2 is 1.79 bits per heavy atom. The number of fused-ring (bicyclic) bond motifs is 6. The second-order valence-corrected chi connectivity index (χ2v) is 16.1. The third-order valence-electron chi connectivity index (χ3n) is 11.0. The van der Waals surface area contributed by atoms with E-state index in [-0.39, 0.29) is 36.8 Å². The zero-order chi connectivity index (χ0) is 38.6. The summed E-state index contributed by atoms with van der Waals surface area (Å²) in [6.45, 7) is 8.02. The van der Waals surface area contributed by atoms with Gasteiger partial charge in [0.1, 0.15) is 36.2 Å². The molecule has 3 aliphatic heterocycles. The molecule has 2 aromatic heterocycles. The number of hydrogen-bond acceptors (Lipinski definition) is 8. The lowest BCUT2D eigenvalue weighted by molar-refractivity contribution is 0.0208. The average molecular weight is 755 g/mol. The van der Waals surface area contributed by atoms with Gasteiger partial charge >= 0.3 is 12.2 Å². The Labute approximate surface area is 325 Å². The molecule has 0 radical (unpaired) electrons. The van der Waals surface area contributed by atoms with Crippen LogP contribution in [0.5, 0.6) is 5.75 Å². The molecule has 56 heavy (non-hydrogen) atoms. The highest BCUT2D eigenvalue weighted by molar-refractivity contribution is 6.07. The van der Waals surface area contributed by atoms with Crippen LogP contribution in [0.15, 0.2) is 79.0 Å². The summed E-state index contributed by atoms with van der Waals surface area (Å²) < 4.78 is 23.3. The number of nitrogens with zero attached hydrogens (tertiary/aromatic N) is 4. The lowest BCUT2D eigenvalue weighted by Crippen LogP contribution is -2.37. The Morgan fingerprint density at radius 1 is 0.929 bits per heavy atom. The Morgan fingerprint density at radius 3 is 2.61 bits per heavy atom. The van der Waals surface area contributed by atoms with Crippen LogP contribution < -0.4 is 4.74 Å². The van der Waals surface area contributed by atoms with Crippen molar-refractivity contribution in [3.8, 4) is 28.1 Å². The summed E-state index contributed by atoms with van der Waals surface area (Å²) in [5, 5.41) is 2.04. The molecule has 0 unspecified atom stereocenters. The standard InChI is InChI=1S/C44H46N6O6/c1-44(2,3)56-43(52)50-22-27(23-53-4)17-37(50)40-45-21-35(47-40)29-12-14-31-30(18-29)25-54-38-20-32-28(19-33(31)38)13-15-34-39(32)48-41(46-34)36-11-8-16-49(36)42(51)55-24-26-9-6-5-7-10-26/h5-7,9-10,12-15,18-21,27,36-37H,8,11,16-17,22-25H2,1-4H3,(H,45,47)(H,46,48)/t27-,36-,37-/m0/s1. The molecule has 2 saturated heterocycles. The first-order valence-corrected chi connectivity index (χ1v) is 19.4. The van der Waals surface area contributed by atoms with Gasteiger partial charge < -0.3 is 28.9 Å². The minimum Gasteiger partial charge on any atom is -0.488 e. The predicted molar refractivity (Wildman–Crippen MR) is 212 cm³/mol. The Balaban J connectivity index is 0.954. The number of amides is 2. The van der Waals surface area contributed by atoms with E-state index in [0.29, 0.717) is 26.3 Å². The van der Waals surface area contributed by atoms with Crippen LogP contribution in [0.25, 0.3) is 44.2 Å². The van der Waals surface area contributed by atoms with Gasteiger partial charge in [-0.3, -0.25) is 9.80 Å². The van der Waals surface area contributed by atoms with Crippen molar-refractivity contribution in [3.05, 3.63) is 102 Å². The molecule has 0 aliphatic carbocycles. The summed E-state index contributed by atoms with van der Waals surface area (Å²) in [5.41, 5.74) is 7.20. The molecule has 9 rings (SSSR count). The molecule has 0 bridgehead atoms. The maximum Gasteiger partial charge on any atom is 0.410 e. The smallest absolute Gasteiger partial charge is 0.410 e. The van der Waals surface area contributed by atoms with Crippen molar-refractivity contribution in [1.29, 1.82) is 0 Å². The molecule has 2 N–H and O–H groups in total. The van der Waals surface area contributed by atoms with E-state index >= 15 is 0 Å². The first-order valence-electron chi connectivity index (χ1n) is 19.4. The number of hydrogen-bond donors (Lipinski definition) is 2. The summed E-state index contributed by atoms with van der Waals surface area (Å²) >= 11 is 0. The highest BCUT2D eigenvalue weighted by Crippen LogP contribution is 2.43. The normalized spacial score (nSPS) is 19.2. The van der Waals surface area contributed by atoms with Gasteiger partial charge in [-0.05, 0) is 91.9 Å². The zero-order valence-corrected chi connectivity index (χ0v) is 32.1. The van der Waals surface area contributed by atoms with Crippen molar-refractivity contribution < 1.29 is 28.5 Å². The van der Waals surface area contributed by atoms with E-state index in [2.05, 4.69) is 52.4 Å². The lowest BCUT2D eigenvalue weighted by atomic mass is 9.92. The minimum absolute atomic E-state index is 0.184. The van der Waals surface area contributed by atoms with Crippen LogP contribution in [0, 0.1) is 5.92 Å². The molecule has 5 heterocycles. The van der Waals surface area contributed by atoms with E-state index in [1.54, 1.807) is 16.9 Å². The van der Waals surface area contributed by atoms with Gasteiger partial charge in [-0.25, -0.2) is 19.6 Å². The van der Waals surface area contributed by atoms with Gasteiger partial charge in [0.2, 0.25) is 0 Å². The molecule has 2 amide bonds. The van der Waals surface area contributed by atoms with Crippen LogP contribution in [-0.4, -0.2) is 74.3 Å². The van der Waals surface area contributed by atoms with Gasteiger partial charge in [-0.1, -0.05) is 48.5 Å². The molecule has 12 heteroatoms. The van der Waals surface area contributed by atoms with Gasteiger partial charge in [0.05, 0.1) is 41.6 Å². The van der Waals surface area contributed by atoms with E-state index in [4.69, 9.17) is 28.9 Å². The van der Waals surface area contributed by atoms with Crippen LogP contribution in [0.3, 0.4) is 0 Å². The Hall–Kier alpha value is -5.88. The fourth-order valence-corrected chi connectivity index (χ4v) is 8.42. The molecule has 6 aromatic rings. The van der Waals surface area contributed by atoms with Gasteiger partial charge in [0, 0.05) is 37.1 Å². The SMILES string of the molecule is COC[C@H]1C[C@@H](c2ncc(-c3ccc4c(c3)COc3cc5c(ccc6[nH]c([C@@H]7CCCN7C(=O)OCc7ccccc7)nc65)cc3-4)[nH]2)N(C(=O)OC(C)(C)C)C1. The second kappa shape index (κ2) is 14.3. The van der Waals surface area contributed by atoms with Gasteiger partial charge in [-0.2, -0.15) is 0 Å². The summed E-state index contributed by atoms with van der Waals surface area (Å²) in [7, 11) is 1.69. The van der Waals surface area contributed by atoms with Gasteiger partial charge in [0.15, 0.2) is 0 Å². The number of rotatable bonds is 7. The Kier molecular flexibility index (Phi) is 9.15. The molecule has 3 atom stereocenters. The zero-order valence-electron chi connectivity index (χ0n) is 32.1. The highest BCUT2D eigenvalue weighted by Gasteiger charge is 2.40. The molecular weight excluding hydrogens is 709 g/mol. The molecule has 0 saturated carbocycles. The molecule has 288 valence electrons. The van der Waals surface area contributed by atoms with Crippen LogP contribution in [0.2, 0.25) is 0 Å². The summed E-state index contributed by atoms with van der Waals surface area (Å²) in [6.07, 6.45) is 3.60. The molecule has 2 fully saturated rings. The summed E-state index contributed by atoms with van der Waals surface area (Å²) in [5.74, 6) is 2.49. The van der Waals surface area contributed by atoms with Crippen molar-refractivity contribution in [2.45, 2.75) is 70.9 Å². The molecular formula is C44H46N6O6. The maximum atomic E-state index is 13.2. The summed E-state index contributed by atoms with van der Waals surface area (Å²) in [4.78, 5) is 46.8. The maximum absolute atomic E-state index is 13.2. The van der Waals surface area contributed by atoms with Crippen LogP contribution in [0.4, 0.5) is 9.59 Å². The molecule has 12 nitrogen and oxygen atoms in total. The topological polar surface area (TPSA) is 135 Å². The van der Waals surface area contributed by atoms with E-state index in [1.807, 2.05) is 57.3 Å². The number of likely N-dealkylation sites (tertiary alicyclic amines) is 2. The quantitative estimate of drug-likeness (QED) is 0.165. The van der Waals surface area contributed by atoms with Crippen LogP contribution >= 0.6 is 0 Å². The van der Waals surface area contributed by atoms with Crippen LogP contribution in [0.1, 0.15) is 74.9 Å². The molecule has 0 spiro atoms. The minimum atomic E-state index is -0.598. The number of H-pyrrole nitrogens is 2. The van der Waals surface area contributed by atoms with Crippen molar-refractivity contribution in [2.24, 2.45) is 5.92 Å². The van der Waals surface area contributed by atoms with Crippen molar-refractivity contribution >= 4 is 34.0 Å². The molecule has 3 aliphatic rings. The van der Waals surface area contributed by atoms with E-state index in [0.717, 1.165) is 92.0 Å². The number of imidazole rings is 2. The number of benzene rings is 4. The molecule has 4 aromatic carbocycles. The van der Waals surface area contributed by atoms with Gasteiger partial charge in [0.25, 0.3) is 0 Å². The van der Waals surface area contributed by atoms with Crippen molar-refractivity contribution in [3.63, 3.8) is 0 Å². The predicted octanol–water partition coefficient (Wildman–Crippen LogP) is 9.08. The number of ether oxygens (including phenoxy) is 4. The lowest BCUT2D eigenvalue weighted by Gasteiger charge is -2.27. The van der Waals surface area contributed by atoms with E-state index in [9.17, 15) is 9.59 Å². The van der Waals surface area contributed by atoms with E-state index < -0.39 is 5.60 Å².